The van der Waals surface area contributed by atoms with Crippen molar-refractivity contribution >= 4 is 62.8 Å². The number of benzene rings is 1. The lowest BCUT2D eigenvalue weighted by molar-refractivity contribution is 0.0964. The quantitative estimate of drug-likeness (QED) is 0.173. The summed E-state index contributed by atoms with van der Waals surface area (Å²) >= 11 is 2.02. The number of nitrogens with zero attached hydrogens (tertiary/aromatic N) is 2. The van der Waals surface area contributed by atoms with Crippen molar-refractivity contribution in [2.75, 3.05) is 37.0 Å². The minimum atomic E-state index is -3.67. The van der Waals surface area contributed by atoms with E-state index in [2.05, 4.69) is 17.2 Å². The molecule has 36 heavy (non-hydrogen) atoms. The standard InChI is InChI=1S/C24H31IN3O6PS/c1-5-16-9-11-17(12-10-16)21-20(23(29)26-2)18-15-19(25)22(27-24(18)34-21)28(36(4,32)33)13-7-6-8-14-35(3,30)31/h9-12,15H,5-8,13-14H2,1-4H3,(H,26,29)(H,30,31). The van der Waals surface area contributed by atoms with Gasteiger partial charge in [-0.05, 0) is 53.5 Å². The summed E-state index contributed by atoms with van der Waals surface area (Å²) < 4.78 is 44.6. The molecule has 0 saturated heterocycles. The smallest absolute Gasteiger partial charge is 0.255 e. The normalized spacial score (nSPS) is 13.5. The Bertz CT molecular complexity index is 1400. The number of carbonyl (C=O) groups is 1. The highest BCUT2D eigenvalue weighted by Crippen LogP contribution is 2.37. The number of rotatable bonds is 11. The molecule has 0 spiro atoms. The number of halogens is 1. The van der Waals surface area contributed by atoms with Crippen molar-refractivity contribution in [2.45, 2.75) is 32.6 Å². The second-order valence-electron chi connectivity index (χ2n) is 8.75. The van der Waals surface area contributed by atoms with Crippen molar-refractivity contribution in [2.24, 2.45) is 0 Å². The van der Waals surface area contributed by atoms with Gasteiger partial charge < -0.3 is 14.6 Å². The van der Waals surface area contributed by atoms with Crippen LogP contribution in [0.1, 0.15) is 42.1 Å². The first-order valence-electron chi connectivity index (χ1n) is 11.6. The Morgan fingerprint density at radius 1 is 1.22 bits per heavy atom. The summed E-state index contributed by atoms with van der Waals surface area (Å²) in [6, 6.07) is 9.43. The van der Waals surface area contributed by atoms with E-state index in [9.17, 15) is 22.7 Å². The molecule has 2 heterocycles. The first kappa shape index (κ1) is 28.6. The minimum absolute atomic E-state index is 0.166. The lowest BCUT2D eigenvalue weighted by Gasteiger charge is -2.22. The van der Waals surface area contributed by atoms with Crippen LogP contribution in [0.4, 0.5) is 5.82 Å². The van der Waals surface area contributed by atoms with Gasteiger partial charge in [-0.3, -0.25) is 13.7 Å². The molecule has 0 aliphatic rings. The predicted molar refractivity (Wildman–Crippen MR) is 152 cm³/mol. The van der Waals surface area contributed by atoms with Crippen molar-refractivity contribution in [1.29, 1.82) is 0 Å². The van der Waals surface area contributed by atoms with Crippen LogP contribution >= 0.6 is 30.0 Å². The fourth-order valence-electron chi connectivity index (χ4n) is 3.88. The van der Waals surface area contributed by atoms with Gasteiger partial charge in [0.25, 0.3) is 5.91 Å². The van der Waals surface area contributed by atoms with Crippen LogP contribution in [0.15, 0.2) is 34.7 Å². The van der Waals surface area contributed by atoms with Crippen LogP contribution in [0.2, 0.25) is 0 Å². The summed E-state index contributed by atoms with van der Waals surface area (Å²) in [5.74, 6) is 0.260. The predicted octanol–water partition coefficient (Wildman–Crippen LogP) is 4.86. The Morgan fingerprint density at radius 2 is 1.89 bits per heavy atom. The summed E-state index contributed by atoms with van der Waals surface area (Å²) in [4.78, 5) is 26.8. The van der Waals surface area contributed by atoms with E-state index < -0.39 is 17.4 Å². The van der Waals surface area contributed by atoms with Crippen LogP contribution < -0.4 is 9.62 Å². The molecule has 2 N–H and O–H groups in total. The largest absolute Gasteiger partial charge is 0.437 e. The number of hydrogen-bond donors (Lipinski definition) is 2. The first-order chi connectivity index (χ1) is 16.9. The molecule has 3 aromatic rings. The average molecular weight is 647 g/mol. The van der Waals surface area contributed by atoms with Gasteiger partial charge in [-0.25, -0.2) is 8.42 Å². The Hall–Kier alpha value is -1.95. The van der Waals surface area contributed by atoms with Crippen LogP contribution in [0.3, 0.4) is 0 Å². The Kier molecular flexibility index (Phi) is 9.24. The number of fused-ring (bicyclic) bond motifs is 1. The number of anilines is 1. The monoisotopic (exact) mass is 647 g/mol. The fourth-order valence-corrected chi connectivity index (χ4v) is 6.49. The molecule has 1 unspecified atom stereocenters. The third kappa shape index (κ3) is 6.87. The summed E-state index contributed by atoms with van der Waals surface area (Å²) in [6.45, 7) is 3.54. The maximum atomic E-state index is 12.8. The van der Waals surface area contributed by atoms with E-state index in [1.165, 1.54) is 18.0 Å². The molecule has 0 fully saturated rings. The summed E-state index contributed by atoms with van der Waals surface area (Å²) in [5, 5.41) is 3.14. The van der Waals surface area contributed by atoms with Gasteiger partial charge in [0.1, 0.15) is 5.76 Å². The number of pyridine rings is 1. The third-order valence-electron chi connectivity index (χ3n) is 5.77. The van der Waals surface area contributed by atoms with Crippen molar-refractivity contribution < 1.29 is 27.1 Å². The molecule has 0 saturated carbocycles. The third-order valence-corrected chi connectivity index (χ3v) is 8.86. The van der Waals surface area contributed by atoms with Crippen LogP contribution in [-0.2, 0) is 21.0 Å². The number of hydrogen-bond acceptors (Lipinski definition) is 6. The van der Waals surface area contributed by atoms with Crippen molar-refractivity contribution in [1.82, 2.24) is 10.3 Å². The van der Waals surface area contributed by atoms with Gasteiger partial charge in [0.2, 0.25) is 15.7 Å². The van der Waals surface area contributed by atoms with Crippen molar-refractivity contribution in [3.8, 4) is 11.3 Å². The Labute approximate surface area is 225 Å². The number of sulfonamides is 1. The second-order valence-corrected chi connectivity index (χ2v) is 14.4. The average Bonchev–Trinajstić information content (AvgIpc) is 3.17. The molecule has 0 aliphatic carbocycles. The highest BCUT2D eigenvalue weighted by molar-refractivity contribution is 14.1. The van der Waals surface area contributed by atoms with Crippen molar-refractivity contribution in [3.63, 3.8) is 0 Å². The molecule has 12 heteroatoms. The number of furan rings is 1. The molecule has 1 atom stereocenters. The molecule has 0 aliphatic heterocycles. The van der Waals surface area contributed by atoms with E-state index in [1.54, 1.807) is 6.07 Å². The molecular formula is C24H31IN3O6PS. The Morgan fingerprint density at radius 3 is 2.44 bits per heavy atom. The zero-order valence-corrected chi connectivity index (χ0v) is 24.6. The van der Waals surface area contributed by atoms with Crippen LogP contribution in [0.25, 0.3) is 22.4 Å². The Balaban J connectivity index is 2.03. The van der Waals surface area contributed by atoms with E-state index in [1.807, 2.05) is 46.9 Å². The highest BCUT2D eigenvalue weighted by Gasteiger charge is 2.27. The molecule has 1 aromatic carbocycles. The lowest BCUT2D eigenvalue weighted by Crippen LogP contribution is -2.32. The SMILES string of the molecule is CCc1ccc(-c2oc3nc(N(CCCCCP(C)(=O)O)S(C)(=O)=O)c(I)cc3c2C(=O)NC)cc1. The van der Waals surface area contributed by atoms with Crippen molar-refractivity contribution in [3.05, 3.63) is 45.0 Å². The molecule has 196 valence electrons. The number of amides is 1. The summed E-state index contributed by atoms with van der Waals surface area (Å²) in [5.41, 5.74) is 2.38. The number of carbonyl (C=O) groups excluding carboxylic acids is 1. The maximum Gasteiger partial charge on any atom is 0.255 e. The van der Waals surface area contributed by atoms with Gasteiger partial charge in [-0.15, -0.1) is 0 Å². The van der Waals surface area contributed by atoms with Gasteiger partial charge in [0, 0.05) is 32.0 Å². The fraction of sp³-hybridized carbons (Fsp3) is 0.417. The molecule has 0 radical (unpaired) electrons. The van der Waals surface area contributed by atoms with E-state index in [0.717, 1.165) is 23.8 Å². The van der Waals surface area contributed by atoms with Gasteiger partial charge in [-0.1, -0.05) is 37.6 Å². The molecule has 0 bridgehead atoms. The van der Waals surface area contributed by atoms with Crippen LogP contribution in [-0.4, -0.2) is 56.9 Å². The summed E-state index contributed by atoms with van der Waals surface area (Å²) in [6.07, 6.45) is 3.82. The van der Waals surface area contributed by atoms with Gasteiger partial charge in [0.05, 0.1) is 20.8 Å². The van der Waals surface area contributed by atoms with Crippen LogP contribution in [0.5, 0.6) is 0 Å². The second kappa shape index (κ2) is 11.6. The number of nitrogens with one attached hydrogen (secondary N) is 1. The van der Waals surface area contributed by atoms with Gasteiger partial charge in [-0.2, -0.15) is 4.98 Å². The van der Waals surface area contributed by atoms with E-state index >= 15 is 0 Å². The summed E-state index contributed by atoms with van der Waals surface area (Å²) in [7, 11) is -5.22. The van der Waals surface area contributed by atoms with Crippen LogP contribution in [0, 0.1) is 3.57 Å². The molecule has 1 amide bonds. The maximum absolute atomic E-state index is 12.8. The number of unbranched alkanes of at least 4 members (excludes halogenated alkanes) is 2. The molecule has 9 nitrogen and oxygen atoms in total. The molecule has 3 rings (SSSR count). The van der Waals surface area contributed by atoms with Gasteiger partial charge >= 0.3 is 0 Å². The first-order valence-corrected chi connectivity index (χ1v) is 16.8. The zero-order chi connectivity index (χ0) is 26.7. The lowest BCUT2D eigenvalue weighted by atomic mass is 10.0. The van der Waals surface area contributed by atoms with Gasteiger partial charge in [0.15, 0.2) is 13.2 Å². The topological polar surface area (TPSA) is 130 Å². The zero-order valence-electron chi connectivity index (χ0n) is 20.7. The number of aromatic nitrogens is 1. The molecule has 2 aromatic heterocycles. The van der Waals surface area contributed by atoms with E-state index in [0.29, 0.717) is 39.5 Å². The van der Waals surface area contributed by atoms with E-state index in [-0.39, 0.29) is 30.1 Å². The minimum Gasteiger partial charge on any atom is -0.437 e. The van der Waals surface area contributed by atoms with E-state index in [4.69, 9.17) is 4.42 Å². The number of aryl methyl sites for hydroxylation is 1. The highest BCUT2D eigenvalue weighted by atomic mass is 127. The molecular weight excluding hydrogens is 616 g/mol.